The number of nitrogens with one attached hydrogen (secondary N) is 1. The van der Waals surface area contributed by atoms with Crippen molar-refractivity contribution >= 4 is 23.7 Å². The average molecular weight is 424 g/mol. The highest BCUT2D eigenvalue weighted by Crippen LogP contribution is 2.34. The van der Waals surface area contributed by atoms with Gasteiger partial charge in [0.25, 0.3) is 0 Å². The molecule has 2 aromatic rings. The van der Waals surface area contributed by atoms with E-state index in [1.54, 1.807) is 6.92 Å². The Kier molecular flexibility index (Phi) is 6.71. The molecular formula is C23H24N2O6. The third kappa shape index (κ3) is 4.75. The van der Waals surface area contributed by atoms with Crippen LogP contribution in [0.3, 0.4) is 0 Å². The number of rotatable bonds is 7. The Morgan fingerprint density at radius 3 is 2.42 bits per heavy atom. The number of anilines is 1. The normalized spacial score (nSPS) is 16.2. The summed E-state index contributed by atoms with van der Waals surface area (Å²) in [6.07, 6.45) is 0. The number of allylic oxidation sites excluding steroid dienone is 1. The number of urea groups is 1. The van der Waals surface area contributed by atoms with Crippen molar-refractivity contribution in [2.75, 3.05) is 25.2 Å². The van der Waals surface area contributed by atoms with Gasteiger partial charge in [-0.1, -0.05) is 29.8 Å². The van der Waals surface area contributed by atoms with Crippen molar-refractivity contribution in [1.82, 2.24) is 5.32 Å². The van der Waals surface area contributed by atoms with Crippen LogP contribution in [0.15, 0.2) is 59.8 Å². The average Bonchev–Trinajstić information content (AvgIpc) is 2.73. The highest BCUT2D eigenvalue weighted by molar-refractivity contribution is 6.03. The third-order valence-electron chi connectivity index (χ3n) is 4.97. The van der Waals surface area contributed by atoms with Crippen molar-refractivity contribution in [2.45, 2.75) is 19.9 Å². The predicted octanol–water partition coefficient (Wildman–Crippen LogP) is 3.43. The summed E-state index contributed by atoms with van der Waals surface area (Å²) in [6, 6.07) is 12.3. The molecule has 0 saturated carbocycles. The van der Waals surface area contributed by atoms with Gasteiger partial charge in [0.2, 0.25) is 0 Å². The van der Waals surface area contributed by atoms with Crippen LogP contribution in [-0.4, -0.2) is 43.4 Å². The number of aryl methyl sites for hydroxylation is 1. The molecule has 1 atom stereocenters. The van der Waals surface area contributed by atoms with Crippen molar-refractivity contribution in [3.8, 4) is 0 Å². The quantitative estimate of drug-likeness (QED) is 0.521. The molecule has 0 bridgehead atoms. The van der Waals surface area contributed by atoms with Gasteiger partial charge in [-0.3, -0.25) is 4.90 Å². The molecule has 2 amide bonds. The first-order chi connectivity index (χ1) is 14.8. The number of carbonyl (C=O) groups is 3. The minimum Gasteiger partial charge on any atom is -0.478 e. The number of benzene rings is 2. The molecule has 1 aliphatic heterocycles. The maximum atomic E-state index is 13.0. The summed E-state index contributed by atoms with van der Waals surface area (Å²) in [7, 11) is 1.51. The van der Waals surface area contributed by atoms with Gasteiger partial charge in [0, 0.05) is 12.8 Å². The van der Waals surface area contributed by atoms with Crippen molar-refractivity contribution < 1.29 is 29.0 Å². The number of hydrogen-bond donors (Lipinski definition) is 2. The summed E-state index contributed by atoms with van der Waals surface area (Å²) in [5.74, 6) is -1.63. The highest BCUT2D eigenvalue weighted by Gasteiger charge is 2.37. The molecule has 0 aliphatic carbocycles. The molecule has 31 heavy (non-hydrogen) atoms. The zero-order valence-corrected chi connectivity index (χ0v) is 17.5. The van der Waals surface area contributed by atoms with Crippen molar-refractivity contribution in [3.05, 3.63) is 76.5 Å². The van der Waals surface area contributed by atoms with E-state index < -0.39 is 24.0 Å². The minimum absolute atomic E-state index is 0.0773. The van der Waals surface area contributed by atoms with Crippen LogP contribution in [-0.2, 0) is 14.3 Å². The SMILES string of the molecule is COCCOC(=O)C1=C(C)N(c2ccc(C(=O)O)cc2)C(=O)NC1c1cccc(C)c1. The summed E-state index contributed by atoms with van der Waals surface area (Å²) < 4.78 is 10.3. The summed E-state index contributed by atoms with van der Waals surface area (Å²) in [5.41, 5.74) is 2.98. The third-order valence-corrected chi connectivity index (χ3v) is 4.97. The van der Waals surface area contributed by atoms with Gasteiger partial charge in [-0.15, -0.1) is 0 Å². The van der Waals surface area contributed by atoms with E-state index in [9.17, 15) is 14.4 Å². The van der Waals surface area contributed by atoms with Crippen molar-refractivity contribution in [2.24, 2.45) is 0 Å². The smallest absolute Gasteiger partial charge is 0.338 e. The molecule has 162 valence electrons. The van der Waals surface area contributed by atoms with Crippen molar-refractivity contribution in [1.29, 1.82) is 0 Å². The number of hydrogen-bond acceptors (Lipinski definition) is 5. The fourth-order valence-corrected chi connectivity index (χ4v) is 3.47. The number of aromatic carboxylic acids is 1. The van der Waals surface area contributed by atoms with E-state index in [4.69, 9.17) is 14.6 Å². The maximum Gasteiger partial charge on any atom is 0.338 e. The van der Waals surface area contributed by atoms with E-state index in [2.05, 4.69) is 5.32 Å². The molecule has 8 nitrogen and oxygen atoms in total. The van der Waals surface area contributed by atoms with E-state index in [0.717, 1.165) is 11.1 Å². The number of carbonyl (C=O) groups excluding carboxylic acids is 2. The zero-order chi connectivity index (χ0) is 22.5. The Morgan fingerprint density at radius 1 is 1.10 bits per heavy atom. The summed E-state index contributed by atoms with van der Waals surface area (Å²) in [6.45, 7) is 3.92. The van der Waals surface area contributed by atoms with Crippen LogP contribution in [0.2, 0.25) is 0 Å². The Bertz CT molecular complexity index is 1030. The molecule has 0 saturated heterocycles. The van der Waals surface area contributed by atoms with Crippen LogP contribution in [0, 0.1) is 6.92 Å². The second-order valence-corrected chi connectivity index (χ2v) is 7.11. The zero-order valence-electron chi connectivity index (χ0n) is 17.5. The topological polar surface area (TPSA) is 105 Å². The number of carboxylic acid groups (broad SMARTS) is 1. The van der Waals surface area contributed by atoms with Gasteiger partial charge in [0.05, 0.1) is 29.5 Å². The summed E-state index contributed by atoms with van der Waals surface area (Å²) in [5, 5.41) is 12.0. The van der Waals surface area contributed by atoms with Crippen LogP contribution in [0.25, 0.3) is 0 Å². The van der Waals surface area contributed by atoms with Crippen LogP contribution in [0.5, 0.6) is 0 Å². The van der Waals surface area contributed by atoms with E-state index >= 15 is 0 Å². The van der Waals surface area contributed by atoms with Gasteiger partial charge in [-0.05, 0) is 43.7 Å². The van der Waals surface area contributed by atoms with Gasteiger partial charge < -0.3 is 19.9 Å². The lowest BCUT2D eigenvalue weighted by Gasteiger charge is -2.35. The monoisotopic (exact) mass is 424 g/mol. The van der Waals surface area contributed by atoms with Crippen LogP contribution in [0.4, 0.5) is 10.5 Å². The Morgan fingerprint density at radius 2 is 1.81 bits per heavy atom. The molecule has 3 rings (SSSR count). The molecule has 0 fully saturated rings. The molecule has 1 heterocycles. The number of nitrogens with zero attached hydrogens (tertiary/aromatic N) is 1. The van der Waals surface area contributed by atoms with E-state index in [-0.39, 0.29) is 18.8 Å². The molecule has 0 radical (unpaired) electrons. The first-order valence-electron chi connectivity index (χ1n) is 9.71. The first-order valence-corrected chi connectivity index (χ1v) is 9.71. The largest absolute Gasteiger partial charge is 0.478 e. The molecule has 1 aliphatic rings. The molecule has 8 heteroatoms. The summed E-state index contributed by atoms with van der Waals surface area (Å²) in [4.78, 5) is 38.5. The number of carboxylic acids is 1. The first kappa shape index (κ1) is 22.0. The predicted molar refractivity (Wildman–Crippen MR) is 114 cm³/mol. The lowest BCUT2D eigenvalue weighted by atomic mass is 9.93. The second-order valence-electron chi connectivity index (χ2n) is 7.11. The number of esters is 1. The van der Waals surface area contributed by atoms with Gasteiger partial charge >= 0.3 is 18.0 Å². The second kappa shape index (κ2) is 9.44. The van der Waals surface area contributed by atoms with Gasteiger partial charge in [-0.2, -0.15) is 0 Å². The lowest BCUT2D eigenvalue weighted by Crippen LogP contribution is -2.48. The van der Waals surface area contributed by atoms with Crippen LogP contribution < -0.4 is 10.2 Å². The summed E-state index contributed by atoms with van der Waals surface area (Å²) >= 11 is 0. The van der Waals surface area contributed by atoms with Gasteiger partial charge in [-0.25, -0.2) is 14.4 Å². The van der Waals surface area contributed by atoms with Crippen molar-refractivity contribution in [3.63, 3.8) is 0 Å². The van der Waals surface area contributed by atoms with Crippen LogP contribution >= 0.6 is 0 Å². The number of amides is 2. The van der Waals surface area contributed by atoms with Gasteiger partial charge in [0.1, 0.15) is 6.61 Å². The Labute approximate surface area is 180 Å². The van der Waals surface area contributed by atoms with E-state index in [0.29, 0.717) is 17.0 Å². The molecule has 1 unspecified atom stereocenters. The van der Waals surface area contributed by atoms with E-state index in [1.807, 2.05) is 31.2 Å². The minimum atomic E-state index is -1.07. The lowest BCUT2D eigenvalue weighted by molar-refractivity contribution is -0.140. The number of methoxy groups -OCH3 is 1. The fraction of sp³-hybridized carbons (Fsp3) is 0.261. The Balaban J connectivity index is 2.06. The molecule has 0 spiro atoms. The van der Waals surface area contributed by atoms with E-state index in [1.165, 1.54) is 36.3 Å². The molecule has 2 N–H and O–H groups in total. The van der Waals surface area contributed by atoms with Gasteiger partial charge in [0.15, 0.2) is 0 Å². The maximum absolute atomic E-state index is 13.0. The Hall–Kier alpha value is -3.65. The molecular weight excluding hydrogens is 400 g/mol. The number of ether oxygens (including phenoxy) is 2. The molecule has 2 aromatic carbocycles. The fourth-order valence-electron chi connectivity index (χ4n) is 3.47. The van der Waals surface area contributed by atoms with Crippen LogP contribution in [0.1, 0.15) is 34.5 Å². The standard InChI is InChI=1S/C23H24N2O6/c1-14-5-4-6-17(13-14)20-19(22(28)31-12-11-30-3)15(2)25(23(29)24-20)18-9-7-16(8-10-18)21(26)27/h4-10,13,20H,11-12H2,1-3H3,(H,24,29)(H,26,27). The molecule has 0 aromatic heterocycles. The highest BCUT2D eigenvalue weighted by atomic mass is 16.6.